The van der Waals surface area contributed by atoms with Crippen molar-refractivity contribution in [2.24, 2.45) is 0 Å². The number of methoxy groups -OCH3 is 1. The summed E-state index contributed by atoms with van der Waals surface area (Å²) in [7, 11) is 1.31. The van der Waals surface area contributed by atoms with Crippen LogP contribution in [0.2, 0.25) is 5.02 Å². The van der Waals surface area contributed by atoms with Crippen LogP contribution >= 0.6 is 11.6 Å². The first-order chi connectivity index (χ1) is 8.55. The zero-order valence-electron chi connectivity index (χ0n) is 9.63. The van der Waals surface area contributed by atoms with Crippen molar-refractivity contribution in [2.75, 3.05) is 13.7 Å². The van der Waals surface area contributed by atoms with Crippen molar-refractivity contribution >= 4 is 17.7 Å². The molecule has 1 aliphatic heterocycles. The van der Waals surface area contributed by atoms with Crippen molar-refractivity contribution < 1.29 is 18.7 Å². The van der Waals surface area contributed by atoms with Gasteiger partial charge in [-0.2, -0.15) is 0 Å². The van der Waals surface area contributed by atoms with Crippen molar-refractivity contribution in [2.45, 2.75) is 17.9 Å². The molecule has 18 heavy (non-hydrogen) atoms. The van der Waals surface area contributed by atoms with Gasteiger partial charge in [-0.25, -0.2) is 9.18 Å². The van der Waals surface area contributed by atoms with Gasteiger partial charge in [0.05, 0.1) is 17.7 Å². The molecule has 96 valence electrons. The van der Waals surface area contributed by atoms with E-state index in [1.54, 1.807) is 6.07 Å². The minimum absolute atomic E-state index is 0.0677. The molecular formula is C12H11ClFNO3. The molecule has 2 aliphatic rings. The van der Waals surface area contributed by atoms with E-state index in [4.69, 9.17) is 16.3 Å². The van der Waals surface area contributed by atoms with Crippen molar-refractivity contribution in [1.82, 2.24) is 5.32 Å². The molecule has 0 bridgehead atoms. The Hall–Kier alpha value is -1.49. The predicted molar refractivity (Wildman–Crippen MR) is 62.5 cm³/mol. The monoisotopic (exact) mass is 271 g/mol. The molecule has 1 aromatic rings. The van der Waals surface area contributed by atoms with Crippen LogP contribution in [0.4, 0.5) is 9.18 Å². The normalized spacial score (nSPS) is 27.6. The summed E-state index contributed by atoms with van der Waals surface area (Å²) in [5, 5.41) is 2.84. The fourth-order valence-electron chi connectivity index (χ4n) is 2.45. The molecule has 2 atom stereocenters. The van der Waals surface area contributed by atoms with Gasteiger partial charge in [0.15, 0.2) is 0 Å². The number of fused-ring (bicyclic) bond motifs is 3. The maximum Gasteiger partial charge on any atom is 0.407 e. The van der Waals surface area contributed by atoms with Crippen molar-refractivity contribution in [1.29, 1.82) is 0 Å². The maximum absolute atomic E-state index is 13.3. The number of amides is 1. The van der Waals surface area contributed by atoms with Gasteiger partial charge >= 0.3 is 6.09 Å². The van der Waals surface area contributed by atoms with Crippen LogP contribution < -0.4 is 10.1 Å². The number of nitrogens with one attached hydrogen (secondary N) is 1. The van der Waals surface area contributed by atoms with E-state index in [2.05, 4.69) is 10.1 Å². The third-order valence-corrected chi connectivity index (χ3v) is 3.81. The Morgan fingerprint density at radius 1 is 1.67 bits per heavy atom. The smallest absolute Gasteiger partial charge is 0.407 e. The van der Waals surface area contributed by atoms with Gasteiger partial charge in [0.25, 0.3) is 0 Å². The number of rotatable bonds is 1. The van der Waals surface area contributed by atoms with Gasteiger partial charge in [0.1, 0.15) is 18.2 Å². The molecule has 1 saturated carbocycles. The molecule has 0 saturated heterocycles. The topological polar surface area (TPSA) is 47.6 Å². The minimum Gasteiger partial charge on any atom is -0.491 e. The number of halogens is 2. The molecule has 6 heteroatoms. The van der Waals surface area contributed by atoms with Crippen LogP contribution in [0.5, 0.6) is 5.75 Å². The first kappa shape index (κ1) is 11.6. The highest BCUT2D eigenvalue weighted by Gasteiger charge is 2.60. The van der Waals surface area contributed by atoms with Crippen molar-refractivity contribution in [3.05, 3.63) is 28.5 Å². The third kappa shape index (κ3) is 1.61. The molecular weight excluding hydrogens is 261 g/mol. The summed E-state index contributed by atoms with van der Waals surface area (Å²) in [5.74, 6) is 0.115. The highest BCUT2D eigenvalue weighted by Crippen LogP contribution is 2.57. The van der Waals surface area contributed by atoms with Gasteiger partial charge in [0, 0.05) is 17.5 Å². The maximum atomic E-state index is 13.3. The van der Waals surface area contributed by atoms with E-state index >= 15 is 0 Å². The highest BCUT2D eigenvalue weighted by molar-refractivity contribution is 6.30. The first-order valence-corrected chi connectivity index (χ1v) is 5.91. The Morgan fingerprint density at radius 3 is 3.17 bits per heavy atom. The Bertz CT molecular complexity index is 536. The largest absolute Gasteiger partial charge is 0.491 e. The molecule has 1 fully saturated rings. The van der Waals surface area contributed by atoms with Crippen LogP contribution in [0, 0.1) is 5.82 Å². The number of hydrogen-bond donors (Lipinski definition) is 1. The highest BCUT2D eigenvalue weighted by atomic mass is 35.5. The van der Waals surface area contributed by atoms with Gasteiger partial charge in [0.2, 0.25) is 0 Å². The van der Waals surface area contributed by atoms with Crippen LogP contribution in [-0.4, -0.2) is 25.3 Å². The second kappa shape index (κ2) is 3.75. The summed E-state index contributed by atoms with van der Waals surface area (Å²) in [6.45, 7) is 0.320. The second-order valence-corrected chi connectivity index (χ2v) is 5.03. The van der Waals surface area contributed by atoms with E-state index in [0.29, 0.717) is 12.4 Å². The quantitative estimate of drug-likeness (QED) is 0.853. The first-order valence-electron chi connectivity index (χ1n) is 5.53. The van der Waals surface area contributed by atoms with Crippen LogP contribution in [0.25, 0.3) is 0 Å². The number of carbonyl (C=O) groups is 1. The molecule has 0 spiro atoms. The average molecular weight is 272 g/mol. The molecule has 1 aliphatic carbocycles. The molecule has 0 aromatic heterocycles. The summed E-state index contributed by atoms with van der Waals surface area (Å²) in [6.07, 6.45) is 0.259. The number of benzene rings is 1. The SMILES string of the molecule is COC(=O)NC12COc3cc(F)c(Cl)cc3C1C2. The fraction of sp³-hybridized carbons (Fsp3) is 0.417. The number of alkyl carbamates (subject to hydrolysis) is 1. The molecule has 0 radical (unpaired) electrons. The van der Waals surface area contributed by atoms with Crippen LogP contribution in [0.1, 0.15) is 17.9 Å². The summed E-state index contributed by atoms with van der Waals surface area (Å²) in [6, 6.07) is 2.86. The van der Waals surface area contributed by atoms with Crippen molar-refractivity contribution in [3.63, 3.8) is 0 Å². The zero-order valence-corrected chi connectivity index (χ0v) is 10.4. The van der Waals surface area contributed by atoms with Gasteiger partial charge < -0.3 is 14.8 Å². The van der Waals surface area contributed by atoms with E-state index in [1.165, 1.54) is 13.2 Å². The molecule has 1 amide bonds. The standard InChI is InChI=1S/C12H11ClFNO3/c1-17-11(16)15-12-4-7(12)6-2-8(13)9(14)3-10(6)18-5-12/h2-3,7H,4-5H2,1H3,(H,15,16). The Kier molecular flexibility index (Phi) is 2.41. The van der Waals surface area contributed by atoms with E-state index in [0.717, 1.165) is 12.0 Å². The lowest BCUT2D eigenvalue weighted by Crippen LogP contribution is -2.44. The van der Waals surface area contributed by atoms with Gasteiger partial charge in [-0.15, -0.1) is 0 Å². The summed E-state index contributed by atoms with van der Waals surface area (Å²) < 4.78 is 23.4. The molecule has 1 heterocycles. The zero-order chi connectivity index (χ0) is 12.9. The van der Waals surface area contributed by atoms with E-state index in [9.17, 15) is 9.18 Å². The number of hydrogen-bond acceptors (Lipinski definition) is 3. The number of ether oxygens (including phenoxy) is 2. The lowest BCUT2D eigenvalue weighted by Gasteiger charge is -2.25. The van der Waals surface area contributed by atoms with E-state index in [1.807, 2.05) is 0 Å². The second-order valence-electron chi connectivity index (χ2n) is 4.62. The molecule has 4 nitrogen and oxygen atoms in total. The van der Waals surface area contributed by atoms with Gasteiger partial charge in [-0.1, -0.05) is 11.6 Å². The molecule has 1 N–H and O–H groups in total. The van der Waals surface area contributed by atoms with Crippen LogP contribution in [0.3, 0.4) is 0 Å². The number of carbonyl (C=O) groups excluding carboxylic acids is 1. The lowest BCUT2D eigenvalue weighted by molar-refractivity contribution is 0.153. The van der Waals surface area contributed by atoms with Crippen LogP contribution in [-0.2, 0) is 4.74 Å². The molecule has 2 unspecified atom stereocenters. The Balaban J connectivity index is 1.90. The molecule has 3 rings (SSSR count). The summed E-state index contributed by atoms with van der Waals surface area (Å²) in [5.41, 5.74) is 0.408. The summed E-state index contributed by atoms with van der Waals surface area (Å²) >= 11 is 5.77. The Morgan fingerprint density at radius 2 is 2.44 bits per heavy atom. The average Bonchev–Trinajstić information content (AvgIpc) is 3.06. The molecule has 1 aromatic carbocycles. The lowest BCUT2D eigenvalue weighted by atomic mass is 10.0. The van der Waals surface area contributed by atoms with Gasteiger partial charge in [-0.05, 0) is 12.5 Å². The third-order valence-electron chi connectivity index (χ3n) is 3.53. The van der Waals surface area contributed by atoms with E-state index < -0.39 is 17.4 Å². The van der Waals surface area contributed by atoms with E-state index in [-0.39, 0.29) is 10.9 Å². The van der Waals surface area contributed by atoms with Crippen LogP contribution in [0.15, 0.2) is 12.1 Å². The van der Waals surface area contributed by atoms with Gasteiger partial charge in [-0.3, -0.25) is 0 Å². The minimum atomic E-state index is -0.496. The summed E-state index contributed by atoms with van der Waals surface area (Å²) in [4.78, 5) is 11.3. The Labute approximate surface area is 108 Å². The van der Waals surface area contributed by atoms with Crippen molar-refractivity contribution in [3.8, 4) is 5.75 Å². The fourth-order valence-corrected chi connectivity index (χ4v) is 2.62. The predicted octanol–water partition coefficient (Wildman–Crippen LogP) is 2.45.